The highest BCUT2D eigenvalue weighted by atomic mass is 35.5. The Hall–Kier alpha value is -1.38. The summed E-state index contributed by atoms with van der Waals surface area (Å²) in [5, 5.41) is 0.314. The molecule has 2 aromatic carbocycles. The fraction of sp³-hybridized carbons (Fsp3) is 0.235. The average molecular weight is 452 g/mol. The van der Waals surface area contributed by atoms with E-state index in [0.29, 0.717) is 5.02 Å². The molecule has 5 nitrogen and oxygen atoms in total. The molecule has 1 amide bonds. The highest BCUT2D eigenvalue weighted by molar-refractivity contribution is 7.89. The van der Waals surface area contributed by atoms with E-state index in [4.69, 9.17) is 34.8 Å². The van der Waals surface area contributed by atoms with Gasteiger partial charge in [0.05, 0.1) is 20.5 Å². The number of carbonyl (C=O) groups excluding carboxylic acids is 1. The largest absolute Gasteiger partial charge is 0.336 e. The predicted octanol–water partition coefficient (Wildman–Crippen LogP) is 3.93. The van der Waals surface area contributed by atoms with Crippen molar-refractivity contribution in [1.29, 1.82) is 0 Å². The van der Waals surface area contributed by atoms with E-state index in [1.165, 1.54) is 39.5 Å². The lowest BCUT2D eigenvalue weighted by Gasteiger charge is -2.34. The van der Waals surface area contributed by atoms with Gasteiger partial charge < -0.3 is 4.90 Å². The highest BCUT2D eigenvalue weighted by Crippen LogP contribution is 2.26. The molecule has 0 spiro atoms. The Morgan fingerprint density at radius 3 is 2.11 bits per heavy atom. The number of hydrogen-bond donors (Lipinski definition) is 0. The molecular weight excluding hydrogens is 438 g/mol. The van der Waals surface area contributed by atoms with Gasteiger partial charge in [-0.3, -0.25) is 4.79 Å². The highest BCUT2D eigenvalue weighted by Gasteiger charge is 2.31. The van der Waals surface area contributed by atoms with Crippen LogP contribution in [0.3, 0.4) is 0 Å². The molecule has 2 aromatic rings. The number of carbonyl (C=O) groups is 1. The van der Waals surface area contributed by atoms with E-state index in [-0.39, 0.29) is 46.7 Å². The summed E-state index contributed by atoms with van der Waals surface area (Å²) in [5.41, 5.74) is -0.00687. The third-order valence-corrected chi connectivity index (χ3v) is 6.98. The normalized spacial score (nSPS) is 15.8. The molecule has 0 bridgehead atoms. The number of hydrogen-bond acceptors (Lipinski definition) is 3. The summed E-state index contributed by atoms with van der Waals surface area (Å²) in [5.74, 6) is -1.22. The van der Waals surface area contributed by atoms with Gasteiger partial charge >= 0.3 is 0 Å². The Labute approximate surface area is 171 Å². The zero-order chi connectivity index (χ0) is 19.8. The van der Waals surface area contributed by atoms with E-state index in [9.17, 15) is 17.6 Å². The molecule has 0 saturated carbocycles. The van der Waals surface area contributed by atoms with E-state index in [2.05, 4.69) is 0 Å². The Morgan fingerprint density at radius 1 is 0.926 bits per heavy atom. The van der Waals surface area contributed by atoms with Gasteiger partial charge in [0.2, 0.25) is 10.0 Å². The second-order valence-electron chi connectivity index (χ2n) is 5.90. The Kier molecular flexibility index (Phi) is 5.98. The molecule has 1 heterocycles. The lowest BCUT2D eigenvalue weighted by molar-refractivity contribution is 0.0697. The van der Waals surface area contributed by atoms with E-state index in [1.807, 2.05) is 0 Å². The monoisotopic (exact) mass is 450 g/mol. The average Bonchev–Trinajstić information content (AvgIpc) is 2.64. The van der Waals surface area contributed by atoms with Crippen LogP contribution in [-0.4, -0.2) is 49.7 Å². The first-order valence-corrected chi connectivity index (χ1v) is 10.5. The Bertz CT molecular complexity index is 976. The first-order valence-electron chi connectivity index (χ1n) is 7.89. The lowest BCUT2D eigenvalue weighted by atomic mass is 10.1. The van der Waals surface area contributed by atoms with Gasteiger partial charge in [-0.15, -0.1) is 0 Å². The van der Waals surface area contributed by atoms with Crippen molar-refractivity contribution in [3.05, 3.63) is 62.8 Å². The molecule has 1 aliphatic heterocycles. The second kappa shape index (κ2) is 7.93. The molecule has 27 heavy (non-hydrogen) atoms. The fourth-order valence-electron chi connectivity index (χ4n) is 2.74. The van der Waals surface area contributed by atoms with E-state index in [0.717, 1.165) is 6.07 Å². The third-order valence-electron chi connectivity index (χ3n) is 4.22. The van der Waals surface area contributed by atoms with Crippen LogP contribution in [0, 0.1) is 5.82 Å². The number of nitrogens with zero attached hydrogens (tertiary/aromatic N) is 2. The summed E-state index contributed by atoms with van der Waals surface area (Å²) in [7, 11) is -3.68. The van der Waals surface area contributed by atoms with Gasteiger partial charge in [-0.25, -0.2) is 12.8 Å². The molecule has 10 heteroatoms. The van der Waals surface area contributed by atoms with Crippen molar-refractivity contribution in [2.24, 2.45) is 0 Å². The van der Waals surface area contributed by atoms with Crippen molar-refractivity contribution < 1.29 is 17.6 Å². The summed E-state index contributed by atoms with van der Waals surface area (Å²) in [4.78, 5) is 14.2. The van der Waals surface area contributed by atoms with Gasteiger partial charge in [0.1, 0.15) is 5.82 Å². The van der Waals surface area contributed by atoms with Gasteiger partial charge in [0, 0.05) is 31.2 Å². The zero-order valence-electron chi connectivity index (χ0n) is 13.8. The molecule has 0 N–H and O–H groups in total. The summed E-state index contributed by atoms with van der Waals surface area (Å²) in [6.07, 6.45) is 0. The molecule has 144 valence electrons. The quantitative estimate of drug-likeness (QED) is 0.664. The minimum atomic E-state index is -3.68. The zero-order valence-corrected chi connectivity index (χ0v) is 16.9. The van der Waals surface area contributed by atoms with Crippen molar-refractivity contribution >= 4 is 50.7 Å². The summed E-state index contributed by atoms with van der Waals surface area (Å²) in [6, 6.07) is 8.05. The van der Waals surface area contributed by atoms with Crippen molar-refractivity contribution in [3.63, 3.8) is 0 Å². The number of halogens is 4. The lowest BCUT2D eigenvalue weighted by Crippen LogP contribution is -2.50. The number of rotatable bonds is 3. The molecule has 0 radical (unpaired) electrons. The second-order valence-corrected chi connectivity index (χ2v) is 9.09. The molecule has 3 rings (SSSR count). The van der Waals surface area contributed by atoms with Crippen LogP contribution in [0.4, 0.5) is 4.39 Å². The first kappa shape index (κ1) is 20.4. The number of benzene rings is 2. The van der Waals surface area contributed by atoms with Gasteiger partial charge in [0.25, 0.3) is 5.91 Å². The summed E-state index contributed by atoms with van der Waals surface area (Å²) >= 11 is 17.4. The fourth-order valence-corrected chi connectivity index (χ4v) is 4.76. The first-order chi connectivity index (χ1) is 12.7. The topological polar surface area (TPSA) is 57.7 Å². The van der Waals surface area contributed by atoms with E-state index < -0.39 is 21.7 Å². The van der Waals surface area contributed by atoms with Gasteiger partial charge in [-0.05, 0) is 36.4 Å². The molecule has 1 saturated heterocycles. The van der Waals surface area contributed by atoms with Gasteiger partial charge in [0.15, 0.2) is 0 Å². The van der Waals surface area contributed by atoms with Gasteiger partial charge in [-0.1, -0.05) is 34.8 Å². The molecule has 0 unspecified atom stereocenters. The number of piperazine rings is 1. The summed E-state index contributed by atoms with van der Waals surface area (Å²) < 4.78 is 40.3. The van der Waals surface area contributed by atoms with Crippen LogP contribution in [0.1, 0.15) is 10.4 Å². The minimum Gasteiger partial charge on any atom is -0.336 e. The molecular formula is C17H14Cl3FN2O3S. The smallest absolute Gasteiger partial charge is 0.255 e. The Balaban J connectivity index is 1.72. The maximum Gasteiger partial charge on any atom is 0.255 e. The van der Waals surface area contributed by atoms with Crippen molar-refractivity contribution in [2.45, 2.75) is 4.90 Å². The molecule has 0 aromatic heterocycles. The van der Waals surface area contributed by atoms with E-state index in [1.54, 1.807) is 0 Å². The summed E-state index contributed by atoms with van der Waals surface area (Å²) in [6.45, 7) is 0.549. The van der Waals surface area contributed by atoms with Crippen LogP contribution in [0.5, 0.6) is 0 Å². The minimum absolute atomic E-state index is 0.00687. The van der Waals surface area contributed by atoms with Crippen molar-refractivity contribution in [2.75, 3.05) is 26.2 Å². The Morgan fingerprint density at radius 2 is 1.52 bits per heavy atom. The standard InChI is InChI=1S/C17H14Cl3FN2O3S/c18-11-1-3-12(4-2-11)27(25,26)23-7-5-22(6-8-23)17(24)13-9-16(21)15(20)10-14(13)19/h1-4,9-10H,5-8H2. The van der Waals surface area contributed by atoms with E-state index >= 15 is 0 Å². The van der Waals surface area contributed by atoms with Crippen LogP contribution in [-0.2, 0) is 10.0 Å². The van der Waals surface area contributed by atoms with Crippen LogP contribution in [0.2, 0.25) is 15.1 Å². The maximum absolute atomic E-state index is 13.7. The number of sulfonamides is 1. The van der Waals surface area contributed by atoms with Crippen LogP contribution in [0.25, 0.3) is 0 Å². The molecule has 1 fully saturated rings. The van der Waals surface area contributed by atoms with Crippen molar-refractivity contribution in [3.8, 4) is 0 Å². The van der Waals surface area contributed by atoms with Crippen LogP contribution in [0.15, 0.2) is 41.3 Å². The van der Waals surface area contributed by atoms with Crippen molar-refractivity contribution in [1.82, 2.24) is 9.21 Å². The maximum atomic E-state index is 13.7. The van der Waals surface area contributed by atoms with Gasteiger partial charge in [-0.2, -0.15) is 4.31 Å². The molecule has 0 atom stereocenters. The molecule has 1 aliphatic rings. The SMILES string of the molecule is O=C(c1cc(F)c(Cl)cc1Cl)N1CCN(S(=O)(=O)c2ccc(Cl)cc2)CC1. The van der Waals surface area contributed by atoms with Crippen LogP contribution >= 0.6 is 34.8 Å². The number of amides is 1. The predicted molar refractivity (Wildman–Crippen MR) is 103 cm³/mol. The molecule has 0 aliphatic carbocycles. The van der Waals surface area contributed by atoms with Crippen LogP contribution < -0.4 is 0 Å². The third kappa shape index (κ3) is 4.22.